The lowest BCUT2D eigenvalue weighted by Crippen LogP contribution is -2.27. The predicted molar refractivity (Wildman–Crippen MR) is 102 cm³/mol. The molecule has 0 aliphatic heterocycles. The number of carbonyl (C=O) groups excluding carboxylic acids is 1. The maximum atomic E-state index is 12.7. The number of carbonyl (C=O) groups is 1. The van der Waals surface area contributed by atoms with Crippen LogP contribution in [0, 0.1) is 0 Å². The molecule has 0 aliphatic carbocycles. The van der Waals surface area contributed by atoms with Gasteiger partial charge in [-0.2, -0.15) is 5.10 Å². The van der Waals surface area contributed by atoms with Crippen LogP contribution in [0.3, 0.4) is 0 Å². The van der Waals surface area contributed by atoms with E-state index in [2.05, 4.69) is 36.4 Å². The van der Waals surface area contributed by atoms with E-state index in [0.717, 1.165) is 20.8 Å². The number of hydrogen-bond donors (Lipinski definition) is 2. The van der Waals surface area contributed by atoms with Crippen molar-refractivity contribution in [2.45, 2.75) is 23.9 Å². The Labute approximate surface area is 158 Å². The number of benzene rings is 2. The van der Waals surface area contributed by atoms with Gasteiger partial charge in [-0.15, -0.1) is 0 Å². The Balaban J connectivity index is 1.70. The van der Waals surface area contributed by atoms with Gasteiger partial charge in [0.05, 0.1) is 6.04 Å². The van der Waals surface area contributed by atoms with Crippen molar-refractivity contribution in [2.24, 2.45) is 0 Å². The Hall–Kier alpha value is -2.12. The summed E-state index contributed by atoms with van der Waals surface area (Å²) < 4.78 is 1.02. The van der Waals surface area contributed by atoms with Gasteiger partial charge in [0.25, 0.3) is 5.91 Å². The van der Waals surface area contributed by atoms with Crippen LogP contribution in [0.15, 0.2) is 64.5 Å². The lowest BCUT2D eigenvalue weighted by molar-refractivity contribution is 0.0939. The Morgan fingerprint density at radius 1 is 1.24 bits per heavy atom. The molecule has 1 amide bonds. The third kappa shape index (κ3) is 4.70. The predicted octanol–water partition coefficient (Wildman–Crippen LogP) is 4.35. The molecule has 25 heavy (non-hydrogen) atoms. The second-order valence-corrected chi connectivity index (χ2v) is 7.36. The average Bonchev–Trinajstić information content (AvgIpc) is 3.14. The highest BCUT2D eigenvalue weighted by atomic mass is 79.9. The Kier molecular flexibility index (Phi) is 5.88. The summed E-state index contributed by atoms with van der Waals surface area (Å²) in [5.74, 6) is 0.565. The molecule has 128 valence electrons. The van der Waals surface area contributed by atoms with Crippen molar-refractivity contribution in [3.8, 4) is 0 Å². The van der Waals surface area contributed by atoms with Crippen LogP contribution in [0.25, 0.3) is 0 Å². The number of amides is 1. The normalized spacial score (nSPS) is 11.9. The Bertz CT molecular complexity index is 837. The molecule has 0 aliphatic rings. The van der Waals surface area contributed by atoms with Crippen LogP contribution in [-0.4, -0.2) is 21.1 Å². The monoisotopic (exact) mass is 416 g/mol. The van der Waals surface area contributed by atoms with Gasteiger partial charge in [0.15, 0.2) is 5.16 Å². The SMILES string of the molecule is CC(NC(=O)c1ccccc1CSc1ncn[nH]1)c1ccc(Br)cc1. The summed E-state index contributed by atoms with van der Waals surface area (Å²) in [5, 5.41) is 10.4. The van der Waals surface area contributed by atoms with Crippen LogP contribution in [0.4, 0.5) is 0 Å². The fourth-order valence-corrected chi connectivity index (χ4v) is 3.43. The van der Waals surface area contributed by atoms with Crippen LogP contribution in [0.1, 0.15) is 34.5 Å². The second kappa shape index (κ2) is 8.31. The molecule has 0 saturated carbocycles. The summed E-state index contributed by atoms with van der Waals surface area (Å²) in [5.41, 5.74) is 2.70. The van der Waals surface area contributed by atoms with E-state index in [-0.39, 0.29) is 11.9 Å². The molecule has 1 unspecified atom stereocenters. The third-order valence-electron chi connectivity index (χ3n) is 3.74. The molecular formula is C18H17BrN4OS. The van der Waals surface area contributed by atoms with Crippen molar-refractivity contribution in [1.82, 2.24) is 20.5 Å². The number of nitrogens with zero attached hydrogens (tertiary/aromatic N) is 2. The van der Waals surface area contributed by atoms with Crippen LogP contribution < -0.4 is 5.32 Å². The standard InChI is InChI=1S/C18H17BrN4OS/c1-12(13-6-8-15(19)9-7-13)22-17(24)16-5-3-2-4-14(16)10-25-18-20-11-21-23-18/h2-9,11-12H,10H2,1H3,(H,22,24)(H,20,21,23). The zero-order valence-electron chi connectivity index (χ0n) is 13.6. The highest BCUT2D eigenvalue weighted by Gasteiger charge is 2.15. The molecule has 3 aromatic rings. The van der Waals surface area contributed by atoms with E-state index in [0.29, 0.717) is 11.3 Å². The van der Waals surface area contributed by atoms with Gasteiger partial charge in [-0.25, -0.2) is 4.98 Å². The summed E-state index contributed by atoms with van der Waals surface area (Å²) in [4.78, 5) is 16.8. The number of rotatable bonds is 6. The van der Waals surface area contributed by atoms with E-state index in [1.165, 1.54) is 18.1 Å². The van der Waals surface area contributed by atoms with Gasteiger partial charge < -0.3 is 5.32 Å². The minimum atomic E-state index is -0.0795. The van der Waals surface area contributed by atoms with Gasteiger partial charge in [-0.3, -0.25) is 9.89 Å². The minimum absolute atomic E-state index is 0.0735. The lowest BCUT2D eigenvalue weighted by Gasteiger charge is -2.16. The first-order chi connectivity index (χ1) is 12.1. The second-order valence-electron chi connectivity index (χ2n) is 5.48. The number of aromatic amines is 1. The fourth-order valence-electron chi connectivity index (χ4n) is 2.39. The van der Waals surface area contributed by atoms with Gasteiger partial charge in [-0.1, -0.05) is 58.0 Å². The first kappa shape index (κ1) is 17.7. The molecule has 3 rings (SSSR count). The highest BCUT2D eigenvalue weighted by molar-refractivity contribution is 9.10. The number of halogens is 1. The molecule has 1 atom stereocenters. The summed E-state index contributed by atoms with van der Waals surface area (Å²) in [6, 6.07) is 15.5. The number of thioether (sulfide) groups is 1. The number of hydrogen-bond acceptors (Lipinski definition) is 4. The minimum Gasteiger partial charge on any atom is -0.346 e. The van der Waals surface area contributed by atoms with Crippen molar-refractivity contribution in [2.75, 3.05) is 0 Å². The zero-order valence-corrected chi connectivity index (χ0v) is 16.0. The molecule has 2 aromatic carbocycles. The molecule has 7 heteroatoms. The van der Waals surface area contributed by atoms with Crippen molar-refractivity contribution in [3.05, 3.63) is 76.0 Å². The molecule has 0 bridgehead atoms. The smallest absolute Gasteiger partial charge is 0.252 e. The molecule has 1 aromatic heterocycles. The van der Waals surface area contributed by atoms with Crippen molar-refractivity contribution in [3.63, 3.8) is 0 Å². The number of aromatic nitrogens is 3. The van der Waals surface area contributed by atoms with Crippen LogP contribution in [0.2, 0.25) is 0 Å². The van der Waals surface area contributed by atoms with Crippen LogP contribution in [-0.2, 0) is 5.75 Å². The molecule has 2 N–H and O–H groups in total. The van der Waals surface area contributed by atoms with Gasteiger partial charge in [0.2, 0.25) is 0 Å². The maximum Gasteiger partial charge on any atom is 0.252 e. The summed E-state index contributed by atoms with van der Waals surface area (Å²) in [6.07, 6.45) is 1.47. The summed E-state index contributed by atoms with van der Waals surface area (Å²) >= 11 is 4.94. The van der Waals surface area contributed by atoms with E-state index in [1.807, 2.05) is 55.5 Å². The molecule has 5 nitrogen and oxygen atoms in total. The van der Waals surface area contributed by atoms with Crippen molar-refractivity contribution < 1.29 is 4.79 Å². The molecule has 1 heterocycles. The van der Waals surface area contributed by atoms with Gasteiger partial charge in [-0.05, 0) is 36.2 Å². The maximum absolute atomic E-state index is 12.7. The number of nitrogens with one attached hydrogen (secondary N) is 2. The number of H-pyrrole nitrogens is 1. The summed E-state index contributed by atoms with van der Waals surface area (Å²) in [6.45, 7) is 1.98. The molecule has 0 radical (unpaired) electrons. The van der Waals surface area contributed by atoms with Crippen LogP contribution in [0.5, 0.6) is 0 Å². The first-order valence-electron chi connectivity index (χ1n) is 7.76. The van der Waals surface area contributed by atoms with E-state index in [4.69, 9.17) is 0 Å². The zero-order chi connectivity index (χ0) is 17.6. The van der Waals surface area contributed by atoms with Gasteiger partial charge in [0.1, 0.15) is 6.33 Å². The van der Waals surface area contributed by atoms with E-state index >= 15 is 0 Å². The highest BCUT2D eigenvalue weighted by Crippen LogP contribution is 2.22. The van der Waals surface area contributed by atoms with Gasteiger partial charge in [0, 0.05) is 15.8 Å². The lowest BCUT2D eigenvalue weighted by atomic mass is 10.1. The quantitative estimate of drug-likeness (QED) is 0.585. The van der Waals surface area contributed by atoms with E-state index < -0.39 is 0 Å². The molecule has 0 spiro atoms. The fraction of sp³-hybridized carbons (Fsp3) is 0.167. The molecule has 0 saturated heterocycles. The van der Waals surface area contributed by atoms with Crippen molar-refractivity contribution in [1.29, 1.82) is 0 Å². The first-order valence-corrected chi connectivity index (χ1v) is 9.54. The van der Waals surface area contributed by atoms with Crippen LogP contribution >= 0.6 is 27.7 Å². The largest absolute Gasteiger partial charge is 0.346 e. The Morgan fingerprint density at radius 2 is 2.00 bits per heavy atom. The molecule has 0 fully saturated rings. The average molecular weight is 417 g/mol. The topological polar surface area (TPSA) is 70.7 Å². The molecular weight excluding hydrogens is 400 g/mol. The van der Waals surface area contributed by atoms with E-state index in [1.54, 1.807) is 0 Å². The van der Waals surface area contributed by atoms with Crippen molar-refractivity contribution >= 4 is 33.6 Å². The van der Waals surface area contributed by atoms with Gasteiger partial charge >= 0.3 is 0 Å². The third-order valence-corrected chi connectivity index (χ3v) is 5.19. The summed E-state index contributed by atoms with van der Waals surface area (Å²) in [7, 11) is 0. The Morgan fingerprint density at radius 3 is 2.72 bits per heavy atom. The van der Waals surface area contributed by atoms with E-state index in [9.17, 15) is 4.79 Å².